The lowest BCUT2D eigenvalue weighted by Gasteiger charge is -2.22. The maximum Gasteiger partial charge on any atom is 0.305 e. The lowest BCUT2D eigenvalue weighted by molar-refractivity contribution is -0.143. The lowest BCUT2D eigenvalue weighted by atomic mass is 10.0. The van der Waals surface area contributed by atoms with Crippen molar-refractivity contribution in [2.75, 3.05) is 13.2 Å². The Kier molecular flexibility index (Phi) is 42.2. The number of hydrogen-bond acceptors (Lipinski definition) is 5. The maximum absolute atomic E-state index is 12.4. The molecule has 0 aromatic rings. The second-order valence-electron chi connectivity index (χ2n) is 16.1. The van der Waals surface area contributed by atoms with Gasteiger partial charge in [-0.15, -0.1) is 0 Å². The minimum atomic E-state index is -0.683. The van der Waals surface area contributed by atoms with Crippen LogP contribution in [-0.2, 0) is 14.3 Å². The number of esters is 1. The molecule has 6 nitrogen and oxygen atoms in total. The average Bonchev–Trinajstić information content (AvgIpc) is 3.16. The highest BCUT2D eigenvalue weighted by Crippen LogP contribution is 2.16. The molecular weight excluding hydrogens is 659 g/mol. The van der Waals surface area contributed by atoms with Gasteiger partial charge in [-0.3, -0.25) is 9.59 Å². The van der Waals surface area contributed by atoms with Crippen molar-refractivity contribution in [2.45, 2.75) is 264 Å². The summed E-state index contributed by atoms with van der Waals surface area (Å²) in [6, 6.07) is -0.563. The molecule has 0 spiro atoms. The van der Waals surface area contributed by atoms with Crippen molar-refractivity contribution in [3.63, 3.8) is 0 Å². The van der Waals surface area contributed by atoms with E-state index < -0.39 is 12.1 Å². The molecule has 0 aliphatic carbocycles. The Morgan fingerprint density at radius 1 is 0.509 bits per heavy atom. The van der Waals surface area contributed by atoms with E-state index in [0.717, 1.165) is 77.0 Å². The van der Waals surface area contributed by atoms with Gasteiger partial charge < -0.3 is 20.3 Å². The van der Waals surface area contributed by atoms with Gasteiger partial charge in [-0.05, 0) is 51.4 Å². The first kappa shape index (κ1) is 51.6. The van der Waals surface area contributed by atoms with Gasteiger partial charge in [0, 0.05) is 12.8 Å². The van der Waals surface area contributed by atoms with Crippen molar-refractivity contribution in [1.29, 1.82) is 0 Å². The van der Waals surface area contributed by atoms with Crippen LogP contribution in [0.5, 0.6) is 0 Å². The minimum Gasteiger partial charge on any atom is -0.466 e. The highest BCUT2D eigenvalue weighted by molar-refractivity contribution is 5.76. The van der Waals surface area contributed by atoms with E-state index in [9.17, 15) is 19.8 Å². The summed E-state index contributed by atoms with van der Waals surface area (Å²) in [6.45, 7) is 4.85. The van der Waals surface area contributed by atoms with Crippen molar-refractivity contribution in [3.05, 3.63) is 12.2 Å². The van der Waals surface area contributed by atoms with E-state index in [2.05, 4.69) is 31.3 Å². The summed E-state index contributed by atoms with van der Waals surface area (Å²) in [6.07, 6.45) is 47.5. The number of carbonyl (C=O) groups is 2. The van der Waals surface area contributed by atoms with Crippen LogP contribution < -0.4 is 5.32 Å². The highest BCUT2D eigenvalue weighted by atomic mass is 16.5. The highest BCUT2D eigenvalue weighted by Gasteiger charge is 2.20. The van der Waals surface area contributed by atoms with Gasteiger partial charge in [0.1, 0.15) is 0 Å². The van der Waals surface area contributed by atoms with Crippen LogP contribution in [0.25, 0.3) is 0 Å². The summed E-state index contributed by atoms with van der Waals surface area (Å²) >= 11 is 0. The second kappa shape index (κ2) is 43.3. The molecule has 2 unspecified atom stereocenters. The smallest absolute Gasteiger partial charge is 0.305 e. The molecule has 53 heavy (non-hydrogen) atoms. The number of carbonyl (C=O) groups excluding carboxylic acids is 2. The SMILES string of the molecule is CCCCCCCCCCCCCCCCCC(=O)OCCCC/C=C\CCCCCCC(=O)NC(CO)C(O)CCCCCCCCCCCCC. The first-order valence-corrected chi connectivity index (χ1v) is 23.4. The van der Waals surface area contributed by atoms with Gasteiger partial charge in [0.15, 0.2) is 0 Å². The molecule has 0 aromatic heterocycles. The number of rotatable bonds is 43. The normalized spacial score (nSPS) is 12.8. The fraction of sp³-hybridized carbons (Fsp3) is 0.915. The van der Waals surface area contributed by atoms with Crippen LogP contribution in [0.4, 0.5) is 0 Å². The predicted molar refractivity (Wildman–Crippen MR) is 227 cm³/mol. The number of ether oxygens (including phenoxy) is 1. The van der Waals surface area contributed by atoms with Gasteiger partial charge in [0.2, 0.25) is 5.91 Å². The molecule has 0 rings (SSSR count). The van der Waals surface area contributed by atoms with Crippen molar-refractivity contribution in [2.24, 2.45) is 0 Å². The maximum atomic E-state index is 12.4. The van der Waals surface area contributed by atoms with E-state index in [1.807, 2.05) is 0 Å². The third kappa shape index (κ3) is 40.1. The monoisotopic (exact) mass is 750 g/mol. The molecule has 0 saturated carbocycles. The zero-order valence-electron chi connectivity index (χ0n) is 35.5. The van der Waals surface area contributed by atoms with Crippen LogP contribution in [0.1, 0.15) is 251 Å². The van der Waals surface area contributed by atoms with E-state index in [0.29, 0.717) is 25.9 Å². The number of aliphatic hydroxyl groups excluding tert-OH is 2. The van der Waals surface area contributed by atoms with E-state index in [4.69, 9.17) is 4.74 Å². The fourth-order valence-electron chi connectivity index (χ4n) is 7.16. The first-order valence-electron chi connectivity index (χ1n) is 23.4. The van der Waals surface area contributed by atoms with Gasteiger partial charge >= 0.3 is 5.97 Å². The molecule has 314 valence electrons. The first-order chi connectivity index (χ1) is 26.0. The second-order valence-corrected chi connectivity index (χ2v) is 16.1. The van der Waals surface area contributed by atoms with Gasteiger partial charge in [-0.1, -0.05) is 199 Å². The molecule has 6 heteroatoms. The zero-order chi connectivity index (χ0) is 38.7. The quantitative estimate of drug-likeness (QED) is 0.0328. The lowest BCUT2D eigenvalue weighted by Crippen LogP contribution is -2.45. The third-order valence-corrected chi connectivity index (χ3v) is 10.8. The fourth-order valence-corrected chi connectivity index (χ4v) is 7.16. The molecule has 0 aliphatic rings. The van der Waals surface area contributed by atoms with Gasteiger partial charge in [0.25, 0.3) is 0 Å². The van der Waals surface area contributed by atoms with Crippen LogP contribution >= 0.6 is 0 Å². The topological polar surface area (TPSA) is 95.9 Å². The molecule has 0 saturated heterocycles. The third-order valence-electron chi connectivity index (χ3n) is 10.8. The molecule has 1 amide bonds. The zero-order valence-corrected chi connectivity index (χ0v) is 35.5. The summed E-state index contributed by atoms with van der Waals surface area (Å²) in [5.74, 6) is -0.106. The molecule has 0 aromatic carbocycles. The van der Waals surface area contributed by atoms with Crippen molar-refractivity contribution < 1.29 is 24.5 Å². The van der Waals surface area contributed by atoms with Crippen molar-refractivity contribution >= 4 is 11.9 Å². The summed E-state index contributed by atoms with van der Waals surface area (Å²) in [7, 11) is 0. The Bertz CT molecular complexity index is 787. The minimum absolute atomic E-state index is 0.0339. The number of unbranched alkanes of at least 4 members (excludes halogenated alkanes) is 30. The summed E-state index contributed by atoms with van der Waals surface area (Å²) in [4.78, 5) is 24.4. The van der Waals surface area contributed by atoms with Crippen LogP contribution in [0.3, 0.4) is 0 Å². The van der Waals surface area contributed by atoms with E-state index in [-0.39, 0.29) is 18.5 Å². The molecule has 0 fully saturated rings. The molecule has 0 radical (unpaired) electrons. The van der Waals surface area contributed by atoms with Gasteiger partial charge in [0.05, 0.1) is 25.4 Å². The Morgan fingerprint density at radius 2 is 0.887 bits per heavy atom. The van der Waals surface area contributed by atoms with Gasteiger partial charge in [-0.2, -0.15) is 0 Å². The molecule has 0 heterocycles. The van der Waals surface area contributed by atoms with Crippen LogP contribution in [0.2, 0.25) is 0 Å². The van der Waals surface area contributed by atoms with E-state index >= 15 is 0 Å². The number of allylic oxidation sites excluding steroid dienone is 2. The van der Waals surface area contributed by atoms with Crippen LogP contribution in [-0.4, -0.2) is 47.4 Å². The number of amides is 1. The van der Waals surface area contributed by atoms with Gasteiger partial charge in [-0.25, -0.2) is 0 Å². The van der Waals surface area contributed by atoms with Crippen LogP contribution in [0.15, 0.2) is 12.2 Å². The Hall–Kier alpha value is -1.40. The summed E-state index contributed by atoms with van der Waals surface area (Å²) in [5.41, 5.74) is 0. The summed E-state index contributed by atoms with van der Waals surface area (Å²) in [5, 5.41) is 23.1. The average molecular weight is 750 g/mol. The Labute approximate surface area is 329 Å². The standard InChI is InChI=1S/C47H91NO5/c1-3-5-7-9-11-13-15-16-17-18-20-25-29-33-37-41-47(52)53-42-38-34-30-26-22-21-24-28-32-36-40-46(51)48-44(43-49)45(50)39-35-31-27-23-19-14-12-10-8-6-4-2/h22,26,44-45,49-50H,3-21,23-25,27-43H2,1-2H3,(H,48,51)/b26-22-. The molecule has 3 N–H and O–H groups in total. The van der Waals surface area contributed by atoms with Crippen molar-refractivity contribution in [1.82, 2.24) is 5.32 Å². The van der Waals surface area contributed by atoms with E-state index in [1.165, 1.54) is 141 Å². The summed E-state index contributed by atoms with van der Waals surface area (Å²) < 4.78 is 5.43. The van der Waals surface area contributed by atoms with E-state index in [1.54, 1.807) is 0 Å². The Morgan fingerprint density at radius 3 is 1.34 bits per heavy atom. The van der Waals surface area contributed by atoms with Crippen LogP contribution in [0, 0.1) is 0 Å². The number of nitrogens with one attached hydrogen (secondary N) is 1. The molecule has 2 atom stereocenters. The van der Waals surface area contributed by atoms with Crippen molar-refractivity contribution in [3.8, 4) is 0 Å². The largest absolute Gasteiger partial charge is 0.466 e. The number of hydrogen-bond donors (Lipinski definition) is 3. The molecule has 0 bridgehead atoms. The predicted octanol–water partition coefficient (Wildman–Crippen LogP) is 13.4. The molecular formula is C47H91NO5. The Balaban J connectivity index is 3.51. The molecule has 0 aliphatic heterocycles. The number of aliphatic hydroxyl groups is 2.